The van der Waals surface area contributed by atoms with Gasteiger partial charge in [-0.3, -0.25) is 9.69 Å². The van der Waals surface area contributed by atoms with E-state index in [1.165, 1.54) is 5.69 Å². The van der Waals surface area contributed by atoms with Gasteiger partial charge in [-0.15, -0.1) is 0 Å². The standard InChI is InChI=1S/C20H27N5O2/c1-27-19-7-3-2-6-18(19)24-11-9-23(10-12-24)16-5-4-8-25(14-16)20(26)17-13-21-15-22-17/h2-3,6-7,13,15-16H,4-5,8-12,14H2,1H3,(H,21,22). The summed E-state index contributed by atoms with van der Waals surface area (Å²) in [5, 5.41) is 0. The first kappa shape index (κ1) is 17.9. The number of aromatic amines is 1. The van der Waals surface area contributed by atoms with Crippen LogP contribution in [0, 0.1) is 0 Å². The second-order valence-electron chi connectivity index (χ2n) is 7.21. The van der Waals surface area contributed by atoms with E-state index < -0.39 is 0 Å². The molecule has 2 aromatic rings. The van der Waals surface area contributed by atoms with E-state index in [-0.39, 0.29) is 5.91 Å². The molecule has 0 bridgehead atoms. The molecule has 0 saturated carbocycles. The number of nitrogens with one attached hydrogen (secondary N) is 1. The summed E-state index contributed by atoms with van der Waals surface area (Å²) in [6.45, 7) is 5.60. The maximum absolute atomic E-state index is 12.6. The first-order valence-corrected chi connectivity index (χ1v) is 9.66. The van der Waals surface area contributed by atoms with Crippen molar-refractivity contribution in [2.24, 2.45) is 0 Å². The van der Waals surface area contributed by atoms with E-state index in [2.05, 4.69) is 31.9 Å². The van der Waals surface area contributed by atoms with Crippen LogP contribution in [0.2, 0.25) is 0 Å². The van der Waals surface area contributed by atoms with Crippen molar-refractivity contribution in [1.82, 2.24) is 19.8 Å². The van der Waals surface area contributed by atoms with Gasteiger partial charge in [0.15, 0.2) is 0 Å². The van der Waals surface area contributed by atoms with E-state index >= 15 is 0 Å². The van der Waals surface area contributed by atoms with Gasteiger partial charge in [-0.1, -0.05) is 12.1 Å². The highest BCUT2D eigenvalue weighted by Gasteiger charge is 2.31. The number of para-hydroxylation sites is 2. The minimum absolute atomic E-state index is 0.0601. The van der Waals surface area contributed by atoms with Crippen molar-refractivity contribution in [3.8, 4) is 5.75 Å². The predicted molar refractivity (Wildman–Crippen MR) is 104 cm³/mol. The number of amides is 1. The van der Waals surface area contributed by atoms with E-state index in [0.29, 0.717) is 11.7 Å². The fourth-order valence-corrected chi connectivity index (χ4v) is 4.20. The number of hydrogen-bond donors (Lipinski definition) is 1. The third-order valence-electron chi connectivity index (χ3n) is 5.67. The first-order chi connectivity index (χ1) is 13.3. The molecule has 2 aliphatic rings. The second kappa shape index (κ2) is 8.00. The van der Waals surface area contributed by atoms with E-state index in [4.69, 9.17) is 4.74 Å². The molecule has 2 fully saturated rings. The number of carbonyl (C=O) groups excluding carboxylic acids is 1. The summed E-state index contributed by atoms with van der Waals surface area (Å²) in [6, 6.07) is 8.64. The van der Waals surface area contributed by atoms with Crippen molar-refractivity contribution >= 4 is 11.6 Å². The topological polar surface area (TPSA) is 64.7 Å². The number of likely N-dealkylation sites (tertiary alicyclic amines) is 1. The highest BCUT2D eigenvalue weighted by atomic mass is 16.5. The maximum atomic E-state index is 12.6. The number of methoxy groups -OCH3 is 1. The molecule has 2 aliphatic heterocycles. The van der Waals surface area contributed by atoms with E-state index in [1.807, 2.05) is 17.0 Å². The predicted octanol–water partition coefficient (Wildman–Crippen LogP) is 1.85. The zero-order valence-electron chi connectivity index (χ0n) is 15.8. The van der Waals surface area contributed by atoms with Crippen molar-refractivity contribution in [3.63, 3.8) is 0 Å². The summed E-state index contributed by atoms with van der Waals surface area (Å²) >= 11 is 0. The van der Waals surface area contributed by atoms with Gasteiger partial charge in [0.05, 0.1) is 25.3 Å². The van der Waals surface area contributed by atoms with Gasteiger partial charge in [0.2, 0.25) is 0 Å². The molecule has 1 amide bonds. The summed E-state index contributed by atoms with van der Waals surface area (Å²) in [5.74, 6) is 0.991. The summed E-state index contributed by atoms with van der Waals surface area (Å²) < 4.78 is 5.51. The largest absolute Gasteiger partial charge is 0.495 e. The Balaban J connectivity index is 1.36. The molecule has 0 aliphatic carbocycles. The van der Waals surface area contributed by atoms with Crippen LogP contribution in [0.1, 0.15) is 23.3 Å². The number of piperidine rings is 1. The number of H-pyrrole nitrogens is 1. The smallest absolute Gasteiger partial charge is 0.271 e. The minimum Gasteiger partial charge on any atom is -0.495 e. The third-order valence-corrected chi connectivity index (χ3v) is 5.67. The number of aromatic nitrogens is 2. The Morgan fingerprint density at radius 2 is 2.00 bits per heavy atom. The molecule has 0 spiro atoms. The van der Waals surface area contributed by atoms with Gasteiger partial charge < -0.3 is 19.5 Å². The number of hydrogen-bond acceptors (Lipinski definition) is 5. The van der Waals surface area contributed by atoms with Crippen LogP contribution in [-0.2, 0) is 0 Å². The normalized spacial score (nSPS) is 21.3. The van der Waals surface area contributed by atoms with Crippen molar-refractivity contribution < 1.29 is 9.53 Å². The van der Waals surface area contributed by atoms with E-state index in [9.17, 15) is 4.79 Å². The molecule has 144 valence electrons. The number of carbonyl (C=O) groups is 1. The molecule has 4 rings (SSSR count). The molecule has 7 heteroatoms. The van der Waals surface area contributed by atoms with Crippen LogP contribution in [0.15, 0.2) is 36.8 Å². The zero-order valence-corrected chi connectivity index (χ0v) is 15.8. The quantitative estimate of drug-likeness (QED) is 0.891. The number of nitrogens with zero attached hydrogens (tertiary/aromatic N) is 4. The van der Waals surface area contributed by atoms with Crippen LogP contribution in [0.5, 0.6) is 5.75 Å². The molecule has 1 unspecified atom stereocenters. The van der Waals surface area contributed by atoms with Crippen LogP contribution in [0.25, 0.3) is 0 Å². The molecule has 2 saturated heterocycles. The highest BCUT2D eigenvalue weighted by molar-refractivity contribution is 5.92. The summed E-state index contributed by atoms with van der Waals surface area (Å²) in [5.41, 5.74) is 1.75. The molecular formula is C20H27N5O2. The van der Waals surface area contributed by atoms with Crippen LogP contribution in [0.4, 0.5) is 5.69 Å². The van der Waals surface area contributed by atoms with Crippen LogP contribution in [0.3, 0.4) is 0 Å². The maximum Gasteiger partial charge on any atom is 0.271 e. The van der Waals surface area contributed by atoms with Crippen LogP contribution in [-0.4, -0.2) is 78.1 Å². The Labute approximate surface area is 159 Å². The number of ether oxygens (including phenoxy) is 1. The monoisotopic (exact) mass is 369 g/mol. The van der Waals surface area contributed by atoms with Gasteiger partial charge in [0, 0.05) is 45.3 Å². The lowest BCUT2D eigenvalue weighted by atomic mass is 10.0. The molecule has 27 heavy (non-hydrogen) atoms. The lowest BCUT2D eigenvalue weighted by molar-refractivity contribution is 0.0558. The summed E-state index contributed by atoms with van der Waals surface area (Å²) in [7, 11) is 1.72. The van der Waals surface area contributed by atoms with Crippen molar-refractivity contribution in [2.75, 3.05) is 51.3 Å². The average Bonchev–Trinajstić information content (AvgIpc) is 3.28. The third kappa shape index (κ3) is 3.78. The fourth-order valence-electron chi connectivity index (χ4n) is 4.20. The van der Waals surface area contributed by atoms with Crippen molar-refractivity contribution in [2.45, 2.75) is 18.9 Å². The summed E-state index contributed by atoms with van der Waals surface area (Å²) in [6.07, 6.45) is 5.38. The molecular weight excluding hydrogens is 342 g/mol. The average molecular weight is 369 g/mol. The number of piperazine rings is 1. The van der Waals surface area contributed by atoms with Gasteiger partial charge in [0.25, 0.3) is 5.91 Å². The summed E-state index contributed by atoms with van der Waals surface area (Å²) in [4.78, 5) is 26.4. The zero-order chi connectivity index (χ0) is 18.6. The molecule has 1 N–H and O–H groups in total. The van der Waals surface area contributed by atoms with Gasteiger partial charge >= 0.3 is 0 Å². The second-order valence-corrected chi connectivity index (χ2v) is 7.21. The Hall–Kier alpha value is -2.54. The SMILES string of the molecule is COc1ccccc1N1CCN(C2CCCN(C(=O)c3cnc[nH]3)C2)CC1. The van der Waals surface area contributed by atoms with Crippen LogP contribution < -0.4 is 9.64 Å². The molecule has 1 aromatic carbocycles. The van der Waals surface area contributed by atoms with Crippen molar-refractivity contribution in [3.05, 3.63) is 42.5 Å². The fraction of sp³-hybridized carbons (Fsp3) is 0.500. The lowest BCUT2D eigenvalue weighted by Crippen LogP contribution is -2.56. The number of anilines is 1. The molecule has 1 atom stereocenters. The van der Waals surface area contributed by atoms with Gasteiger partial charge in [-0.25, -0.2) is 4.98 Å². The molecule has 7 nitrogen and oxygen atoms in total. The van der Waals surface area contributed by atoms with Gasteiger partial charge in [-0.2, -0.15) is 0 Å². The first-order valence-electron chi connectivity index (χ1n) is 9.66. The van der Waals surface area contributed by atoms with Crippen LogP contribution >= 0.6 is 0 Å². The van der Waals surface area contributed by atoms with Gasteiger partial charge in [0.1, 0.15) is 11.4 Å². The lowest BCUT2D eigenvalue weighted by Gasteiger charge is -2.44. The Kier molecular flexibility index (Phi) is 5.29. The van der Waals surface area contributed by atoms with E-state index in [0.717, 1.165) is 57.9 Å². The van der Waals surface area contributed by atoms with Crippen molar-refractivity contribution in [1.29, 1.82) is 0 Å². The minimum atomic E-state index is 0.0601. The number of rotatable bonds is 4. The molecule has 3 heterocycles. The Morgan fingerprint density at radius 3 is 2.74 bits per heavy atom. The molecule has 0 radical (unpaired) electrons. The Bertz CT molecular complexity index is 755. The van der Waals surface area contributed by atoms with Gasteiger partial charge in [-0.05, 0) is 25.0 Å². The number of benzene rings is 1. The van der Waals surface area contributed by atoms with E-state index in [1.54, 1.807) is 19.6 Å². The number of imidazole rings is 1. The Morgan fingerprint density at radius 1 is 1.19 bits per heavy atom. The molecule has 1 aromatic heterocycles. The highest BCUT2D eigenvalue weighted by Crippen LogP contribution is 2.29.